The standard InChI is InChI=1S/C20H29N3O5S/c1-29(26,27)12-10-18(22-20(25)28-14-15-5-3-2-4-6-15)19(24)21-16-9-11-23(13-16)17-7-8-17/h2-6,16-18H,7-14H2,1H3,(H,21,24)(H,22,25). The van der Waals surface area contributed by atoms with E-state index in [1.807, 2.05) is 30.3 Å². The summed E-state index contributed by atoms with van der Waals surface area (Å²) < 4.78 is 28.3. The van der Waals surface area contributed by atoms with E-state index in [1.54, 1.807) is 0 Å². The highest BCUT2D eigenvalue weighted by molar-refractivity contribution is 7.90. The number of carbonyl (C=O) groups is 2. The molecule has 1 aliphatic heterocycles. The summed E-state index contributed by atoms with van der Waals surface area (Å²) in [5, 5.41) is 5.49. The van der Waals surface area contributed by atoms with Crippen LogP contribution >= 0.6 is 0 Å². The van der Waals surface area contributed by atoms with Crippen LogP contribution in [0.2, 0.25) is 0 Å². The number of benzene rings is 1. The number of likely N-dealkylation sites (tertiary alicyclic amines) is 1. The second-order valence-corrected chi connectivity index (χ2v) is 10.2. The SMILES string of the molecule is CS(=O)(=O)CCC(NC(=O)OCc1ccccc1)C(=O)NC1CCN(C2CC2)C1. The summed E-state index contributed by atoms with van der Waals surface area (Å²) in [4.78, 5) is 27.3. The highest BCUT2D eigenvalue weighted by Crippen LogP contribution is 2.29. The molecule has 2 aliphatic rings. The third-order valence-electron chi connectivity index (χ3n) is 5.23. The molecule has 1 heterocycles. The molecule has 8 nitrogen and oxygen atoms in total. The van der Waals surface area contributed by atoms with Gasteiger partial charge in [0.25, 0.3) is 0 Å². The van der Waals surface area contributed by atoms with Crippen molar-refractivity contribution in [2.24, 2.45) is 0 Å². The second-order valence-electron chi connectivity index (χ2n) is 7.90. The summed E-state index contributed by atoms with van der Waals surface area (Å²) in [5.74, 6) is -0.559. The normalized spacial score (nSPS) is 20.8. The van der Waals surface area contributed by atoms with Crippen LogP contribution in [0.4, 0.5) is 4.79 Å². The molecule has 2 fully saturated rings. The first kappa shape index (κ1) is 21.6. The average molecular weight is 424 g/mol. The fourth-order valence-electron chi connectivity index (χ4n) is 3.49. The van der Waals surface area contributed by atoms with Crippen LogP contribution in [-0.2, 0) is 26.0 Å². The lowest BCUT2D eigenvalue weighted by molar-refractivity contribution is -0.123. The first-order chi connectivity index (χ1) is 13.8. The molecule has 1 saturated carbocycles. The third-order valence-corrected chi connectivity index (χ3v) is 6.21. The van der Waals surface area contributed by atoms with Crippen molar-refractivity contribution < 1.29 is 22.7 Å². The zero-order valence-corrected chi connectivity index (χ0v) is 17.5. The molecule has 1 aliphatic carbocycles. The molecular formula is C20H29N3O5S. The zero-order chi connectivity index (χ0) is 20.9. The van der Waals surface area contributed by atoms with Gasteiger partial charge in [0.1, 0.15) is 22.5 Å². The van der Waals surface area contributed by atoms with E-state index in [0.717, 1.165) is 31.3 Å². The van der Waals surface area contributed by atoms with Crippen molar-refractivity contribution in [1.82, 2.24) is 15.5 Å². The molecule has 0 spiro atoms. The molecule has 1 aromatic carbocycles. The highest BCUT2D eigenvalue weighted by atomic mass is 32.2. The van der Waals surface area contributed by atoms with Gasteiger partial charge in [0.05, 0.1) is 5.75 Å². The number of nitrogens with zero attached hydrogens (tertiary/aromatic N) is 1. The Bertz CT molecular complexity index is 811. The molecule has 2 unspecified atom stereocenters. The Hall–Kier alpha value is -2.13. The first-order valence-corrected chi connectivity index (χ1v) is 12.1. The van der Waals surface area contributed by atoms with E-state index in [0.29, 0.717) is 6.04 Å². The third kappa shape index (κ3) is 7.32. The van der Waals surface area contributed by atoms with Gasteiger partial charge in [-0.2, -0.15) is 0 Å². The Balaban J connectivity index is 1.52. The first-order valence-electron chi connectivity index (χ1n) is 9.99. The molecular weight excluding hydrogens is 394 g/mol. The largest absolute Gasteiger partial charge is 0.445 e. The van der Waals surface area contributed by atoms with E-state index in [-0.39, 0.29) is 30.7 Å². The molecule has 29 heavy (non-hydrogen) atoms. The van der Waals surface area contributed by atoms with Gasteiger partial charge in [0.2, 0.25) is 5.91 Å². The number of ether oxygens (including phenoxy) is 1. The fourth-order valence-corrected chi connectivity index (χ4v) is 4.15. The van der Waals surface area contributed by atoms with Crippen LogP contribution in [0.3, 0.4) is 0 Å². The summed E-state index contributed by atoms with van der Waals surface area (Å²) >= 11 is 0. The molecule has 2 N–H and O–H groups in total. The van der Waals surface area contributed by atoms with E-state index in [1.165, 1.54) is 12.8 Å². The van der Waals surface area contributed by atoms with Gasteiger partial charge in [-0.15, -0.1) is 0 Å². The lowest BCUT2D eigenvalue weighted by atomic mass is 10.2. The summed E-state index contributed by atoms with van der Waals surface area (Å²) in [7, 11) is -3.26. The Kier molecular flexibility index (Phi) is 7.13. The number of nitrogens with one attached hydrogen (secondary N) is 2. The minimum absolute atomic E-state index is 0.00413. The van der Waals surface area contributed by atoms with Gasteiger partial charge in [-0.1, -0.05) is 30.3 Å². The van der Waals surface area contributed by atoms with Gasteiger partial charge in [-0.25, -0.2) is 13.2 Å². The van der Waals surface area contributed by atoms with Crippen molar-refractivity contribution in [2.75, 3.05) is 25.1 Å². The van der Waals surface area contributed by atoms with Crippen LogP contribution in [0.15, 0.2) is 30.3 Å². The average Bonchev–Trinajstić information content (AvgIpc) is 3.43. The molecule has 2 atom stereocenters. The minimum atomic E-state index is -3.26. The maximum absolute atomic E-state index is 12.7. The Labute approximate surface area is 171 Å². The van der Waals surface area contributed by atoms with E-state index in [9.17, 15) is 18.0 Å². The predicted octanol–water partition coefficient (Wildman–Crippen LogP) is 1.07. The Morgan fingerprint density at radius 2 is 1.93 bits per heavy atom. The van der Waals surface area contributed by atoms with Crippen LogP contribution < -0.4 is 10.6 Å². The van der Waals surface area contributed by atoms with E-state index in [4.69, 9.17) is 4.74 Å². The van der Waals surface area contributed by atoms with Gasteiger partial charge in [0.15, 0.2) is 0 Å². The number of carbonyl (C=O) groups excluding carboxylic acids is 2. The summed E-state index contributed by atoms with van der Waals surface area (Å²) in [6.07, 6.45) is 3.66. The quantitative estimate of drug-likeness (QED) is 0.616. The second kappa shape index (κ2) is 9.58. The van der Waals surface area contributed by atoms with Gasteiger partial charge in [-0.05, 0) is 31.2 Å². The molecule has 0 aromatic heterocycles. The van der Waals surface area contributed by atoms with Crippen molar-refractivity contribution in [3.63, 3.8) is 0 Å². The minimum Gasteiger partial charge on any atom is -0.445 e. The van der Waals surface area contributed by atoms with E-state index < -0.39 is 22.0 Å². The number of sulfone groups is 1. The predicted molar refractivity (Wildman–Crippen MR) is 109 cm³/mol. The molecule has 1 saturated heterocycles. The highest BCUT2D eigenvalue weighted by Gasteiger charge is 2.35. The molecule has 1 aromatic rings. The smallest absolute Gasteiger partial charge is 0.408 e. The molecule has 2 amide bonds. The van der Waals surface area contributed by atoms with Crippen molar-refractivity contribution in [1.29, 1.82) is 0 Å². The topological polar surface area (TPSA) is 105 Å². The van der Waals surface area contributed by atoms with Crippen LogP contribution in [0.5, 0.6) is 0 Å². The van der Waals surface area contributed by atoms with Crippen LogP contribution in [0, 0.1) is 0 Å². The number of rotatable bonds is 9. The number of alkyl carbamates (subject to hydrolysis) is 1. The maximum Gasteiger partial charge on any atom is 0.408 e. The van der Waals surface area contributed by atoms with Crippen molar-refractivity contribution >= 4 is 21.8 Å². The molecule has 0 radical (unpaired) electrons. The number of amides is 2. The number of hydrogen-bond donors (Lipinski definition) is 2. The fraction of sp³-hybridized carbons (Fsp3) is 0.600. The van der Waals surface area contributed by atoms with Gasteiger partial charge >= 0.3 is 6.09 Å². The van der Waals surface area contributed by atoms with Crippen LogP contribution in [-0.4, -0.2) is 68.5 Å². The lowest BCUT2D eigenvalue weighted by Gasteiger charge is -2.21. The lowest BCUT2D eigenvalue weighted by Crippen LogP contribution is -2.51. The summed E-state index contributed by atoms with van der Waals surface area (Å²) in [6, 6.07) is 8.90. The van der Waals surface area contributed by atoms with E-state index in [2.05, 4.69) is 15.5 Å². The van der Waals surface area contributed by atoms with Crippen LogP contribution in [0.1, 0.15) is 31.2 Å². The van der Waals surface area contributed by atoms with E-state index >= 15 is 0 Å². The zero-order valence-electron chi connectivity index (χ0n) is 16.7. The van der Waals surface area contributed by atoms with Gasteiger partial charge in [0, 0.05) is 31.4 Å². The Morgan fingerprint density at radius 3 is 2.59 bits per heavy atom. The van der Waals surface area contributed by atoms with Gasteiger partial charge in [-0.3, -0.25) is 9.69 Å². The van der Waals surface area contributed by atoms with Gasteiger partial charge < -0.3 is 15.4 Å². The van der Waals surface area contributed by atoms with Crippen molar-refractivity contribution in [2.45, 2.75) is 50.4 Å². The number of hydrogen-bond acceptors (Lipinski definition) is 6. The summed E-state index contributed by atoms with van der Waals surface area (Å²) in [6.45, 7) is 1.83. The monoisotopic (exact) mass is 423 g/mol. The molecule has 0 bridgehead atoms. The van der Waals surface area contributed by atoms with Crippen LogP contribution in [0.25, 0.3) is 0 Å². The Morgan fingerprint density at radius 1 is 1.21 bits per heavy atom. The molecule has 160 valence electrons. The molecule has 9 heteroatoms. The van der Waals surface area contributed by atoms with Crippen molar-refractivity contribution in [3.8, 4) is 0 Å². The molecule has 3 rings (SSSR count). The maximum atomic E-state index is 12.7. The summed E-state index contributed by atoms with van der Waals surface area (Å²) in [5.41, 5.74) is 0.825. The van der Waals surface area contributed by atoms with Crippen molar-refractivity contribution in [3.05, 3.63) is 35.9 Å².